The molecule has 1 aliphatic heterocycles. The van der Waals surface area contributed by atoms with Crippen LogP contribution in [0.15, 0.2) is 0 Å². The van der Waals surface area contributed by atoms with Gasteiger partial charge in [0.2, 0.25) is 10.0 Å². The molecular formula is C15H29NO7S. The van der Waals surface area contributed by atoms with Crippen molar-refractivity contribution in [2.24, 2.45) is 0 Å². The Morgan fingerprint density at radius 1 is 1.38 bits per heavy atom. The summed E-state index contributed by atoms with van der Waals surface area (Å²) in [6.45, 7) is 9.36. The van der Waals surface area contributed by atoms with Crippen LogP contribution in [0.3, 0.4) is 0 Å². The maximum atomic E-state index is 12.1. The highest BCUT2D eigenvalue weighted by Gasteiger charge is 2.38. The molecule has 142 valence electrons. The summed E-state index contributed by atoms with van der Waals surface area (Å²) >= 11 is 0. The lowest BCUT2D eigenvalue weighted by atomic mass is 10.3. The summed E-state index contributed by atoms with van der Waals surface area (Å²) in [5, 5.41) is 0. The first-order valence-corrected chi connectivity index (χ1v) is 9.88. The monoisotopic (exact) mass is 367 g/mol. The van der Waals surface area contributed by atoms with E-state index in [9.17, 15) is 13.2 Å². The minimum absolute atomic E-state index is 0.0523. The molecule has 0 aliphatic carbocycles. The Bertz CT molecular complexity index is 518. The molecule has 0 aromatic heterocycles. The Balaban J connectivity index is 2.61. The average Bonchev–Trinajstić information content (AvgIpc) is 2.79. The van der Waals surface area contributed by atoms with Crippen LogP contribution in [0, 0.1) is 0 Å². The Hall–Kier alpha value is -0.740. The molecule has 0 saturated carbocycles. The Labute approximate surface area is 144 Å². The number of carbonyl (C=O) groups excluding carboxylic acids is 1. The number of rotatable bonds is 9. The number of sulfonamides is 1. The Morgan fingerprint density at radius 2 is 2.00 bits per heavy atom. The zero-order chi connectivity index (χ0) is 18.5. The lowest BCUT2D eigenvalue weighted by molar-refractivity contribution is -0.173. The molecule has 8 nitrogen and oxygen atoms in total. The molecule has 1 fully saturated rings. The number of nitrogens with zero attached hydrogens (tertiary/aromatic N) is 1. The van der Waals surface area contributed by atoms with Gasteiger partial charge in [0.1, 0.15) is 12.7 Å². The maximum Gasteiger partial charge on any atom is 0.337 e. The van der Waals surface area contributed by atoms with Crippen molar-refractivity contribution >= 4 is 16.0 Å². The summed E-state index contributed by atoms with van der Waals surface area (Å²) < 4.78 is 46.4. The second-order valence-electron chi connectivity index (χ2n) is 6.47. The number of hydrogen-bond donors (Lipinski definition) is 0. The van der Waals surface area contributed by atoms with Crippen molar-refractivity contribution in [2.75, 3.05) is 32.6 Å². The van der Waals surface area contributed by atoms with Crippen molar-refractivity contribution in [1.29, 1.82) is 0 Å². The first-order chi connectivity index (χ1) is 10.9. The fourth-order valence-electron chi connectivity index (χ4n) is 2.32. The SMILES string of the molecule is CCN(C[C@@H](COC(=O)[C@H]1COC(C)(C)O1)OC(C)C)S(C)(=O)=O. The van der Waals surface area contributed by atoms with Crippen molar-refractivity contribution in [3.05, 3.63) is 0 Å². The van der Waals surface area contributed by atoms with Gasteiger partial charge < -0.3 is 18.9 Å². The van der Waals surface area contributed by atoms with E-state index < -0.39 is 34.0 Å². The van der Waals surface area contributed by atoms with E-state index in [-0.39, 0.29) is 25.9 Å². The summed E-state index contributed by atoms with van der Waals surface area (Å²) in [5.74, 6) is -1.35. The first kappa shape index (κ1) is 21.3. The summed E-state index contributed by atoms with van der Waals surface area (Å²) in [7, 11) is -3.35. The second kappa shape index (κ2) is 8.57. The summed E-state index contributed by atoms with van der Waals surface area (Å²) in [5.41, 5.74) is 0. The first-order valence-electron chi connectivity index (χ1n) is 8.03. The van der Waals surface area contributed by atoms with Crippen molar-refractivity contribution in [1.82, 2.24) is 4.31 Å². The van der Waals surface area contributed by atoms with Gasteiger partial charge in [-0.1, -0.05) is 6.92 Å². The minimum atomic E-state index is -3.35. The Morgan fingerprint density at radius 3 is 2.42 bits per heavy atom. The smallest absolute Gasteiger partial charge is 0.337 e. The highest BCUT2D eigenvalue weighted by atomic mass is 32.2. The molecule has 2 atom stereocenters. The Kier molecular flexibility index (Phi) is 7.61. The quantitative estimate of drug-likeness (QED) is 0.556. The van der Waals surface area contributed by atoms with Gasteiger partial charge in [-0.05, 0) is 27.7 Å². The molecule has 1 rings (SSSR count). The average molecular weight is 367 g/mol. The van der Waals surface area contributed by atoms with Gasteiger partial charge in [-0.15, -0.1) is 0 Å². The van der Waals surface area contributed by atoms with E-state index >= 15 is 0 Å². The van der Waals surface area contributed by atoms with Gasteiger partial charge in [-0.2, -0.15) is 4.31 Å². The fraction of sp³-hybridized carbons (Fsp3) is 0.933. The number of esters is 1. The van der Waals surface area contributed by atoms with Gasteiger partial charge in [0, 0.05) is 13.1 Å². The normalized spacial score (nSPS) is 22.1. The zero-order valence-corrected chi connectivity index (χ0v) is 16.1. The molecule has 1 saturated heterocycles. The lowest BCUT2D eigenvalue weighted by Crippen LogP contribution is -2.41. The minimum Gasteiger partial charge on any atom is -0.461 e. The van der Waals surface area contributed by atoms with Gasteiger partial charge in [0.25, 0.3) is 0 Å². The molecular weight excluding hydrogens is 338 g/mol. The van der Waals surface area contributed by atoms with E-state index in [1.54, 1.807) is 20.8 Å². The van der Waals surface area contributed by atoms with Crippen LogP contribution in [-0.4, -0.2) is 75.4 Å². The van der Waals surface area contributed by atoms with E-state index in [0.29, 0.717) is 6.54 Å². The molecule has 1 aliphatic rings. The number of likely N-dealkylation sites (N-methyl/N-ethyl adjacent to an activating group) is 1. The van der Waals surface area contributed by atoms with E-state index in [4.69, 9.17) is 18.9 Å². The standard InChI is InChI=1S/C15H29NO7S/c1-7-16(24(6,18)19)8-12(22-11(2)3)9-20-14(17)13-10-21-15(4,5)23-13/h11-13H,7-10H2,1-6H3/t12-,13+/m0/s1. The molecule has 0 unspecified atom stereocenters. The van der Waals surface area contributed by atoms with Crippen molar-refractivity contribution in [3.63, 3.8) is 0 Å². The largest absolute Gasteiger partial charge is 0.461 e. The topological polar surface area (TPSA) is 91.4 Å². The third-order valence-electron chi connectivity index (χ3n) is 3.38. The molecule has 0 spiro atoms. The fourth-order valence-corrected chi connectivity index (χ4v) is 3.22. The molecule has 0 aromatic rings. The van der Waals surface area contributed by atoms with Gasteiger partial charge in [-0.3, -0.25) is 0 Å². The molecule has 0 aromatic carbocycles. The predicted octanol–water partition coefficient (Wildman–Crippen LogP) is 0.756. The van der Waals surface area contributed by atoms with Crippen LogP contribution in [-0.2, 0) is 33.8 Å². The van der Waals surface area contributed by atoms with Gasteiger partial charge in [-0.25, -0.2) is 13.2 Å². The van der Waals surface area contributed by atoms with Crippen LogP contribution in [0.5, 0.6) is 0 Å². The van der Waals surface area contributed by atoms with Crippen LogP contribution in [0.2, 0.25) is 0 Å². The molecule has 0 bridgehead atoms. The van der Waals surface area contributed by atoms with Gasteiger partial charge >= 0.3 is 5.97 Å². The van der Waals surface area contributed by atoms with Crippen LogP contribution < -0.4 is 0 Å². The van der Waals surface area contributed by atoms with E-state index in [2.05, 4.69) is 0 Å². The third kappa shape index (κ3) is 7.02. The second-order valence-corrected chi connectivity index (χ2v) is 8.45. The summed E-state index contributed by atoms with van der Waals surface area (Å²) in [6, 6.07) is 0. The molecule has 0 N–H and O–H groups in total. The maximum absolute atomic E-state index is 12.1. The van der Waals surface area contributed by atoms with Crippen LogP contribution in [0.25, 0.3) is 0 Å². The lowest BCUT2D eigenvalue weighted by Gasteiger charge is -2.26. The van der Waals surface area contributed by atoms with E-state index in [1.165, 1.54) is 4.31 Å². The van der Waals surface area contributed by atoms with Gasteiger partial charge in [0.15, 0.2) is 11.9 Å². The molecule has 9 heteroatoms. The zero-order valence-electron chi connectivity index (χ0n) is 15.3. The third-order valence-corrected chi connectivity index (χ3v) is 4.72. The molecule has 0 radical (unpaired) electrons. The van der Waals surface area contributed by atoms with Crippen LogP contribution in [0.4, 0.5) is 0 Å². The van der Waals surface area contributed by atoms with E-state index in [0.717, 1.165) is 6.26 Å². The van der Waals surface area contributed by atoms with Crippen molar-refractivity contribution in [2.45, 2.75) is 58.7 Å². The van der Waals surface area contributed by atoms with Crippen molar-refractivity contribution in [3.8, 4) is 0 Å². The van der Waals surface area contributed by atoms with Crippen molar-refractivity contribution < 1.29 is 32.2 Å². The highest BCUT2D eigenvalue weighted by molar-refractivity contribution is 7.88. The van der Waals surface area contributed by atoms with Crippen LogP contribution >= 0.6 is 0 Å². The predicted molar refractivity (Wildman–Crippen MR) is 88.0 cm³/mol. The number of carbonyl (C=O) groups is 1. The van der Waals surface area contributed by atoms with Gasteiger partial charge in [0.05, 0.1) is 19.0 Å². The van der Waals surface area contributed by atoms with Crippen LogP contribution in [0.1, 0.15) is 34.6 Å². The summed E-state index contributed by atoms with van der Waals surface area (Å²) in [6.07, 6.45) is -0.325. The molecule has 1 heterocycles. The number of ether oxygens (including phenoxy) is 4. The number of hydrogen-bond acceptors (Lipinski definition) is 7. The van der Waals surface area contributed by atoms with E-state index in [1.807, 2.05) is 13.8 Å². The molecule has 24 heavy (non-hydrogen) atoms. The molecule has 0 amide bonds. The highest BCUT2D eigenvalue weighted by Crippen LogP contribution is 2.23. The summed E-state index contributed by atoms with van der Waals surface area (Å²) in [4.78, 5) is 12.1.